The number of ether oxygens (including phenoxy) is 2. The minimum atomic E-state index is 0.302. The van der Waals surface area contributed by atoms with E-state index in [0.29, 0.717) is 6.10 Å². The molecule has 0 spiro atoms. The minimum absolute atomic E-state index is 0.302. The van der Waals surface area contributed by atoms with Gasteiger partial charge in [0.15, 0.2) is 5.75 Å². The van der Waals surface area contributed by atoms with Gasteiger partial charge in [-0.05, 0) is 28.8 Å². The lowest BCUT2D eigenvalue weighted by Crippen LogP contribution is -2.16. The summed E-state index contributed by atoms with van der Waals surface area (Å²) in [6, 6.07) is 0. The smallest absolute Gasteiger partial charge is 0.171 e. The molecule has 0 amide bonds. The summed E-state index contributed by atoms with van der Waals surface area (Å²) in [4.78, 5) is 0. The predicted molar refractivity (Wildman–Crippen MR) is 55.5 cm³/mol. The van der Waals surface area contributed by atoms with E-state index in [4.69, 9.17) is 9.47 Å². The summed E-state index contributed by atoms with van der Waals surface area (Å²) in [5.41, 5.74) is 0. The molecule has 0 radical (unpaired) electrons. The summed E-state index contributed by atoms with van der Waals surface area (Å²) >= 11 is 3.44. The quantitative estimate of drug-likeness (QED) is 0.832. The Balaban J connectivity index is 2.04. The standard InChI is InChI=1S/C9H13BrN2O2/c1-13-8-5-11-12(9(8)10)6-7-3-2-4-14-7/h5,7H,2-4,6H2,1H3. The van der Waals surface area contributed by atoms with E-state index in [1.807, 2.05) is 4.68 Å². The second-order valence-electron chi connectivity index (χ2n) is 3.32. The average Bonchev–Trinajstić information content (AvgIpc) is 2.79. The highest BCUT2D eigenvalue weighted by Crippen LogP contribution is 2.25. The lowest BCUT2D eigenvalue weighted by molar-refractivity contribution is 0.0933. The molecule has 1 saturated heterocycles. The Morgan fingerprint density at radius 3 is 3.21 bits per heavy atom. The number of halogens is 1. The molecule has 0 saturated carbocycles. The first-order valence-electron chi connectivity index (χ1n) is 4.68. The van der Waals surface area contributed by atoms with Crippen LogP contribution < -0.4 is 4.74 Å². The van der Waals surface area contributed by atoms with E-state index in [9.17, 15) is 0 Å². The highest BCUT2D eigenvalue weighted by molar-refractivity contribution is 9.10. The van der Waals surface area contributed by atoms with Gasteiger partial charge in [0.05, 0.1) is 26.0 Å². The van der Waals surface area contributed by atoms with Crippen molar-refractivity contribution < 1.29 is 9.47 Å². The summed E-state index contributed by atoms with van der Waals surface area (Å²) in [5.74, 6) is 0.767. The van der Waals surface area contributed by atoms with Crippen LogP contribution in [0.15, 0.2) is 10.8 Å². The van der Waals surface area contributed by atoms with Gasteiger partial charge in [-0.1, -0.05) is 0 Å². The molecule has 2 heterocycles. The van der Waals surface area contributed by atoms with Crippen LogP contribution in [0.25, 0.3) is 0 Å². The maximum absolute atomic E-state index is 5.53. The van der Waals surface area contributed by atoms with Crippen LogP contribution in [0.4, 0.5) is 0 Å². The van der Waals surface area contributed by atoms with Gasteiger partial charge < -0.3 is 9.47 Å². The van der Waals surface area contributed by atoms with Crippen LogP contribution in [0.5, 0.6) is 5.75 Å². The summed E-state index contributed by atoms with van der Waals surface area (Å²) in [7, 11) is 1.64. The third-order valence-electron chi connectivity index (χ3n) is 2.36. The molecule has 5 heteroatoms. The molecule has 2 rings (SSSR count). The third kappa shape index (κ3) is 1.93. The molecular formula is C9H13BrN2O2. The molecule has 0 N–H and O–H groups in total. The Bertz CT molecular complexity index is 308. The van der Waals surface area contributed by atoms with E-state index in [0.717, 1.165) is 36.3 Å². The van der Waals surface area contributed by atoms with E-state index in [2.05, 4.69) is 21.0 Å². The molecular weight excluding hydrogens is 248 g/mol. The fourth-order valence-corrected chi connectivity index (χ4v) is 2.10. The van der Waals surface area contributed by atoms with Crippen molar-refractivity contribution in [2.45, 2.75) is 25.5 Å². The van der Waals surface area contributed by atoms with Crippen LogP contribution in [0.3, 0.4) is 0 Å². The molecule has 1 aromatic rings. The Kier molecular flexibility index (Phi) is 3.08. The second-order valence-corrected chi connectivity index (χ2v) is 4.07. The maximum atomic E-state index is 5.53. The predicted octanol–water partition coefficient (Wildman–Crippen LogP) is 1.83. The van der Waals surface area contributed by atoms with Crippen molar-refractivity contribution in [2.75, 3.05) is 13.7 Å². The molecule has 1 aliphatic rings. The SMILES string of the molecule is COc1cnn(CC2CCCO2)c1Br. The lowest BCUT2D eigenvalue weighted by atomic mass is 10.2. The minimum Gasteiger partial charge on any atom is -0.492 e. The average molecular weight is 261 g/mol. The van der Waals surface area contributed by atoms with Crippen molar-refractivity contribution >= 4 is 15.9 Å². The van der Waals surface area contributed by atoms with Crippen molar-refractivity contribution in [1.29, 1.82) is 0 Å². The molecule has 4 nitrogen and oxygen atoms in total. The zero-order chi connectivity index (χ0) is 9.97. The van der Waals surface area contributed by atoms with Gasteiger partial charge in [-0.25, -0.2) is 0 Å². The number of aromatic nitrogens is 2. The Morgan fingerprint density at radius 2 is 2.64 bits per heavy atom. The molecule has 78 valence electrons. The van der Waals surface area contributed by atoms with Gasteiger partial charge in [-0.3, -0.25) is 4.68 Å². The molecule has 0 aromatic carbocycles. The van der Waals surface area contributed by atoms with E-state index in [1.54, 1.807) is 13.3 Å². The molecule has 1 atom stereocenters. The highest BCUT2D eigenvalue weighted by atomic mass is 79.9. The first kappa shape index (κ1) is 9.98. The first-order chi connectivity index (χ1) is 6.81. The van der Waals surface area contributed by atoms with E-state index in [-0.39, 0.29) is 0 Å². The molecule has 1 unspecified atom stereocenters. The van der Waals surface area contributed by atoms with Gasteiger partial charge in [-0.2, -0.15) is 5.10 Å². The number of hydrogen-bond donors (Lipinski definition) is 0. The highest BCUT2D eigenvalue weighted by Gasteiger charge is 2.18. The van der Waals surface area contributed by atoms with Gasteiger partial charge in [0, 0.05) is 6.61 Å². The molecule has 0 aliphatic carbocycles. The number of rotatable bonds is 3. The molecule has 1 aliphatic heterocycles. The van der Waals surface area contributed by atoms with Gasteiger partial charge in [0.25, 0.3) is 0 Å². The summed E-state index contributed by atoms with van der Waals surface area (Å²) in [6.07, 6.45) is 4.28. The summed E-state index contributed by atoms with van der Waals surface area (Å²) in [5, 5.41) is 4.21. The normalized spacial score (nSPS) is 21.4. The zero-order valence-electron chi connectivity index (χ0n) is 8.07. The lowest BCUT2D eigenvalue weighted by Gasteiger charge is -2.09. The fourth-order valence-electron chi connectivity index (χ4n) is 1.60. The van der Waals surface area contributed by atoms with Crippen molar-refractivity contribution in [3.05, 3.63) is 10.8 Å². The van der Waals surface area contributed by atoms with Crippen molar-refractivity contribution in [1.82, 2.24) is 9.78 Å². The Hall–Kier alpha value is -0.550. The van der Waals surface area contributed by atoms with Gasteiger partial charge in [0.2, 0.25) is 0 Å². The van der Waals surface area contributed by atoms with E-state index >= 15 is 0 Å². The fraction of sp³-hybridized carbons (Fsp3) is 0.667. The van der Waals surface area contributed by atoms with Crippen LogP contribution in [0.1, 0.15) is 12.8 Å². The second kappa shape index (κ2) is 4.31. The third-order valence-corrected chi connectivity index (χ3v) is 3.16. The maximum Gasteiger partial charge on any atom is 0.171 e. The van der Waals surface area contributed by atoms with Gasteiger partial charge >= 0.3 is 0 Å². The summed E-state index contributed by atoms with van der Waals surface area (Å²) in [6.45, 7) is 1.67. The van der Waals surface area contributed by atoms with Gasteiger partial charge in [-0.15, -0.1) is 0 Å². The van der Waals surface area contributed by atoms with Crippen LogP contribution in [0, 0.1) is 0 Å². The number of methoxy groups -OCH3 is 1. The molecule has 0 bridgehead atoms. The Labute approximate surface area is 91.3 Å². The largest absolute Gasteiger partial charge is 0.492 e. The van der Waals surface area contributed by atoms with Crippen LogP contribution in [-0.4, -0.2) is 29.6 Å². The number of hydrogen-bond acceptors (Lipinski definition) is 3. The number of nitrogens with zero attached hydrogens (tertiary/aromatic N) is 2. The monoisotopic (exact) mass is 260 g/mol. The van der Waals surface area contributed by atoms with Crippen LogP contribution in [-0.2, 0) is 11.3 Å². The topological polar surface area (TPSA) is 36.3 Å². The van der Waals surface area contributed by atoms with E-state index in [1.165, 1.54) is 0 Å². The molecule has 1 aromatic heterocycles. The van der Waals surface area contributed by atoms with Crippen molar-refractivity contribution in [3.63, 3.8) is 0 Å². The Morgan fingerprint density at radius 1 is 1.79 bits per heavy atom. The van der Waals surface area contributed by atoms with Crippen LogP contribution >= 0.6 is 15.9 Å². The zero-order valence-corrected chi connectivity index (χ0v) is 9.66. The van der Waals surface area contributed by atoms with Gasteiger partial charge in [0.1, 0.15) is 4.60 Å². The van der Waals surface area contributed by atoms with Crippen molar-refractivity contribution in [3.8, 4) is 5.75 Å². The van der Waals surface area contributed by atoms with Crippen LogP contribution in [0.2, 0.25) is 0 Å². The summed E-state index contributed by atoms with van der Waals surface area (Å²) < 4.78 is 13.4. The molecule has 1 fully saturated rings. The first-order valence-corrected chi connectivity index (χ1v) is 5.47. The molecule has 14 heavy (non-hydrogen) atoms. The van der Waals surface area contributed by atoms with Crippen molar-refractivity contribution in [2.24, 2.45) is 0 Å². The van der Waals surface area contributed by atoms with E-state index < -0.39 is 0 Å².